The SMILES string of the molecule is C[Si]1(C)c2cccc(N(c3ccccc3)c3ccccc3)c2C=Cc2c(N(c3ccccc3)c3ccccc3)cccc21. The Labute approximate surface area is 255 Å². The van der Waals surface area contributed by atoms with E-state index < -0.39 is 8.07 Å². The molecule has 0 aromatic heterocycles. The number of fused-ring (bicyclic) bond motifs is 2. The van der Waals surface area contributed by atoms with Crippen LogP contribution in [0.25, 0.3) is 12.2 Å². The predicted molar refractivity (Wildman–Crippen MR) is 188 cm³/mol. The van der Waals surface area contributed by atoms with Crippen LogP contribution < -0.4 is 20.2 Å². The molecule has 0 bridgehead atoms. The standard InChI is InChI=1S/C40H34N2Si/c1-43(2)39-27-15-25-37(41(31-17-7-3-8-18-31)32-19-9-4-10-20-32)35(39)29-30-36-38(26-16-28-40(36)43)42(33-21-11-5-12-22-33)34-23-13-6-14-24-34/h3-30H,1-2H3. The van der Waals surface area contributed by atoms with Crippen LogP contribution in [0.5, 0.6) is 0 Å². The number of hydrogen-bond donors (Lipinski definition) is 0. The van der Waals surface area contributed by atoms with Crippen molar-refractivity contribution in [2.75, 3.05) is 9.80 Å². The molecule has 0 unspecified atom stereocenters. The van der Waals surface area contributed by atoms with Crippen LogP contribution in [0.2, 0.25) is 13.1 Å². The highest BCUT2D eigenvalue weighted by atomic mass is 28.3. The van der Waals surface area contributed by atoms with Crippen LogP contribution in [0, 0.1) is 0 Å². The zero-order chi connectivity index (χ0) is 29.2. The molecule has 0 spiro atoms. The lowest BCUT2D eigenvalue weighted by Crippen LogP contribution is -2.54. The van der Waals surface area contributed by atoms with Gasteiger partial charge in [0.2, 0.25) is 0 Å². The molecule has 0 N–H and O–H groups in total. The summed E-state index contributed by atoms with van der Waals surface area (Å²) in [6.07, 6.45) is 4.73. The topological polar surface area (TPSA) is 6.48 Å². The first-order valence-electron chi connectivity index (χ1n) is 14.9. The van der Waals surface area contributed by atoms with Gasteiger partial charge in [0, 0.05) is 22.7 Å². The number of rotatable bonds is 6. The van der Waals surface area contributed by atoms with E-state index in [2.05, 4.69) is 193 Å². The fourth-order valence-electron chi connectivity index (χ4n) is 6.41. The second-order valence-electron chi connectivity index (χ2n) is 11.4. The van der Waals surface area contributed by atoms with Crippen molar-refractivity contribution in [2.45, 2.75) is 13.1 Å². The first kappa shape index (κ1) is 26.8. The van der Waals surface area contributed by atoms with E-state index in [-0.39, 0.29) is 0 Å². The Morgan fingerprint density at radius 1 is 0.349 bits per heavy atom. The van der Waals surface area contributed by atoms with Crippen LogP contribution in [0.15, 0.2) is 158 Å². The number of hydrogen-bond acceptors (Lipinski definition) is 2. The van der Waals surface area contributed by atoms with E-state index >= 15 is 0 Å². The van der Waals surface area contributed by atoms with Gasteiger partial charge in [-0.3, -0.25) is 0 Å². The lowest BCUT2D eigenvalue weighted by atomic mass is 10.1. The van der Waals surface area contributed by atoms with Crippen molar-refractivity contribution in [3.63, 3.8) is 0 Å². The third-order valence-electron chi connectivity index (χ3n) is 8.47. The highest BCUT2D eigenvalue weighted by molar-refractivity contribution is 7.01. The molecular formula is C40H34N2Si. The monoisotopic (exact) mass is 570 g/mol. The summed E-state index contributed by atoms with van der Waals surface area (Å²) in [6.45, 7) is 4.99. The summed E-state index contributed by atoms with van der Waals surface area (Å²) in [5, 5.41) is 2.89. The average molecular weight is 571 g/mol. The van der Waals surface area contributed by atoms with Gasteiger partial charge in [0.05, 0.1) is 11.4 Å². The van der Waals surface area contributed by atoms with E-state index in [1.165, 1.54) is 32.9 Å². The van der Waals surface area contributed by atoms with Crippen LogP contribution >= 0.6 is 0 Å². The summed E-state index contributed by atoms with van der Waals surface area (Å²) in [5.74, 6) is 0. The van der Waals surface area contributed by atoms with E-state index in [1.54, 1.807) is 0 Å². The Balaban J connectivity index is 1.45. The molecular weight excluding hydrogens is 537 g/mol. The van der Waals surface area contributed by atoms with Gasteiger partial charge in [0.25, 0.3) is 0 Å². The second-order valence-corrected chi connectivity index (χ2v) is 15.8. The first-order chi connectivity index (χ1) is 21.1. The molecule has 6 aromatic rings. The fourth-order valence-corrected chi connectivity index (χ4v) is 9.50. The van der Waals surface area contributed by atoms with Crippen molar-refractivity contribution in [1.82, 2.24) is 0 Å². The van der Waals surface area contributed by atoms with Gasteiger partial charge in [-0.05, 0) is 82.2 Å². The highest BCUT2D eigenvalue weighted by Gasteiger charge is 2.35. The van der Waals surface area contributed by atoms with Crippen LogP contribution in [-0.2, 0) is 0 Å². The van der Waals surface area contributed by atoms with E-state index in [9.17, 15) is 0 Å². The van der Waals surface area contributed by atoms with Crippen molar-refractivity contribution < 1.29 is 0 Å². The molecule has 0 amide bonds. The summed E-state index contributed by atoms with van der Waals surface area (Å²) >= 11 is 0. The molecule has 2 nitrogen and oxygen atoms in total. The van der Waals surface area contributed by atoms with E-state index in [0.29, 0.717) is 0 Å². The first-order valence-corrected chi connectivity index (χ1v) is 17.9. The quantitative estimate of drug-likeness (QED) is 0.184. The number of benzene rings is 6. The minimum atomic E-state index is -2.16. The van der Waals surface area contributed by atoms with Crippen LogP contribution in [0.1, 0.15) is 11.1 Å². The van der Waals surface area contributed by atoms with Crippen molar-refractivity contribution in [3.05, 3.63) is 169 Å². The van der Waals surface area contributed by atoms with Crippen molar-refractivity contribution in [2.24, 2.45) is 0 Å². The third kappa shape index (κ3) is 4.88. The van der Waals surface area contributed by atoms with Gasteiger partial charge in [-0.25, -0.2) is 0 Å². The lowest BCUT2D eigenvalue weighted by Gasteiger charge is -2.32. The molecule has 43 heavy (non-hydrogen) atoms. The fraction of sp³-hybridized carbons (Fsp3) is 0.0500. The van der Waals surface area contributed by atoms with Crippen LogP contribution in [0.3, 0.4) is 0 Å². The third-order valence-corrected chi connectivity index (χ3v) is 12.0. The Bertz CT molecular complexity index is 1660. The smallest absolute Gasteiger partial charge is 0.113 e. The molecule has 3 heteroatoms. The van der Waals surface area contributed by atoms with Gasteiger partial charge < -0.3 is 9.80 Å². The minimum absolute atomic E-state index is 1.15. The molecule has 1 aliphatic rings. The van der Waals surface area contributed by atoms with Crippen molar-refractivity contribution >= 4 is 64.7 Å². The Kier molecular flexibility index (Phi) is 7.02. The highest BCUT2D eigenvalue weighted by Crippen LogP contribution is 2.40. The van der Waals surface area contributed by atoms with Crippen molar-refractivity contribution in [3.8, 4) is 0 Å². The van der Waals surface area contributed by atoms with Crippen molar-refractivity contribution in [1.29, 1.82) is 0 Å². The maximum Gasteiger partial charge on any atom is 0.113 e. The van der Waals surface area contributed by atoms with E-state index in [1.807, 2.05) is 0 Å². The Hall–Kier alpha value is -5.12. The van der Waals surface area contributed by atoms with Gasteiger partial charge in [0.1, 0.15) is 8.07 Å². The Morgan fingerprint density at radius 2 is 0.651 bits per heavy atom. The minimum Gasteiger partial charge on any atom is -0.310 e. The molecule has 0 aliphatic carbocycles. The number of anilines is 6. The largest absolute Gasteiger partial charge is 0.310 e. The summed E-state index contributed by atoms with van der Waals surface area (Å²) in [5.41, 5.74) is 9.58. The number of nitrogens with zero attached hydrogens (tertiary/aromatic N) is 2. The molecule has 6 aromatic carbocycles. The molecule has 1 heterocycles. The Morgan fingerprint density at radius 3 is 0.953 bits per heavy atom. The van der Waals surface area contributed by atoms with E-state index in [4.69, 9.17) is 0 Å². The average Bonchev–Trinajstić information content (AvgIpc) is 3.18. The molecule has 0 atom stereocenters. The predicted octanol–water partition coefficient (Wildman–Crippen LogP) is 9.93. The van der Waals surface area contributed by atoms with Gasteiger partial charge in [0.15, 0.2) is 0 Å². The summed E-state index contributed by atoms with van der Waals surface area (Å²) in [6, 6.07) is 56.5. The van der Waals surface area contributed by atoms with Gasteiger partial charge in [-0.15, -0.1) is 0 Å². The molecule has 0 fully saturated rings. The second kappa shape index (κ2) is 11.3. The maximum atomic E-state index is 2.50. The zero-order valence-corrected chi connectivity index (χ0v) is 25.6. The lowest BCUT2D eigenvalue weighted by molar-refractivity contribution is 1.28. The molecule has 7 rings (SSSR count). The van der Waals surface area contributed by atoms with Gasteiger partial charge in [-0.1, -0.05) is 122 Å². The molecule has 0 saturated carbocycles. The van der Waals surface area contributed by atoms with Gasteiger partial charge >= 0.3 is 0 Å². The molecule has 0 radical (unpaired) electrons. The van der Waals surface area contributed by atoms with Crippen LogP contribution in [-0.4, -0.2) is 8.07 Å². The normalized spacial score (nSPS) is 13.0. The zero-order valence-electron chi connectivity index (χ0n) is 24.6. The number of para-hydroxylation sites is 4. The maximum absolute atomic E-state index is 2.50. The molecule has 1 aliphatic heterocycles. The summed E-state index contributed by atoms with van der Waals surface area (Å²) < 4.78 is 0. The van der Waals surface area contributed by atoms with Crippen LogP contribution in [0.4, 0.5) is 34.1 Å². The van der Waals surface area contributed by atoms with E-state index in [0.717, 1.165) is 22.7 Å². The summed E-state index contributed by atoms with van der Waals surface area (Å²) in [7, 11) is -2.16. The van der Waals surface area contributed by atoms with Gasteiger partial charge in [-0.2, -0.15) is 0 Å². The summed E-state index contributed by atoms with van der Waals surface area (Å²) in [4.78, 5) is 4.79. The molecule has 0 saturated heterocycles. The molecule has 208 valence electrons.